The summed E-state index contributed by atoms with van der Waals surface area (Å²) in [5, 5.41) is 15.7. The van der Waals surface area contributed by atoms with Gasteiger partial charge in [-0.2, -0.15) is 0 Å². The number of aryl methyl sites for hydroxylation is 1. The smallest absolute Gasteiger partial charge is 0.182 e. The van der Waals surface area contributed by atoms with Crippen molar-refractivity contribution in [3.05, 3.63) is 40.9 Å². The monoisotopic (exact) mass is 331 g/mol. The molecule has 4 nitrogen and oxygen atoms in total. The van der Waals surface area contributed by atoms with Gasteiger partial charge in [0.2, 0.25) is 0 Å². The number of hydrogen-bond donors (Lipinski definition) is 2. The molecule has 2 aromatic rings. The van der Waals surface area contributed by atoms with Crippen LogP contribution in [0.5, 0.6) is 5.75 Å². The van der Waals surface area contributed by atoms with Crippen LogP contribution in [0.25, 0.3) is 0 Å². The molecule has 1 aromatic heterocycles. The van der Waals surface area contributed by atoms with E-state index in [0.717, 1.165) is 18.1 Å². The number of rotatable bonds is 6. The number of nitrogens with one attached hydrogen (secondary N) is 1. The molecule has 0 radical (unpaired) electrons. The summed E-state index contributed by atoms with van der Waals surface area (Å²) in [6.45, 7) is 2.13. The van der Waals surface area contributed by atoms with E-state index in [1.165, 1.54) is 43.5 Å². The fourth-order valence-corrected chi connectivity index (χ4v) is 3.96. The average Bonchev–Trinajstić information content (AvgIpc) is 3.03. The second kappa shape index (κ2) is 7.79. The Kier molecular flexibility index (Phi) is 5.51. The van der Waals surface area contributed by atoms with E-state index in [1.54, 1.807) is 23.5 Å². The number of aromatic nitrogens is 1. The Morgan fingerprint density at radius 2 is 2.13 bits per heavy atom. The third-order valence-electron chi connectivity index (χ3n) is 4.58. The van der Waals surface area contributed by atoms with E-state index >= 15 is 0 Å². The Bertz CT molecular complexity index is 611. The first-order valence-electron chi connectivity index (χ1n) is 8.38. The van der Waals surface area contributed by atoms with Gasteiger partial charge in [-0.1, -0.05) is 18.6 Å². The molecule has 0 saturated carbocycles. The molecule has 5 heteroatoms. The van der Waals surface area contributed by atoms with Crippen LogP contribution in [-0.2, 0) is 13.0 Å². The lowest BCUT2D eigenvalue weighted by Crippen LogP contribution is -2.39. The molecule has 1 atom stereocenters. The van der Waals surface area contributed by atoms with Crippen LogP contribution in [0.4, 0.5) is 5.13 Å². The van der Waals surface area contributed by atoms with Gasteiger partial charge in [0, 0.05) is 25.0 Å². The number of benzene rings is 1. The summed E-state index contributed by atoms with van der Waals surface area (Å²) < 4.78 is 0. The number of nitrogens with zero attached hydrogens (tertiary/aromatic N) is 2. The van der Waals surface area contributed by atoms with E-state index in [9.17, 15) is 5.11 Å². The number of aromatic hydroxyl groups is 1. The molecule has 1 aromatic carbocycles. The largest absolute Gasteiger partial charge is 0.508 e. The van der Waals surface area contributed by atoms with Crippen LogP contribution in [-0.4, -0.2) is 34.6 Å². The summed E-state index contributed by atoms with van der Waals surface area (Å²) >= 11 is 1.68. The van der Waals surface area contributed by atoms with Crippen LogP contribution in [0.15, 0.2) is 29.6 Å². The van der Waals surface area contributed by atoms with Gasteiger partial charge in [0.15, 0.2) is 5.13 Å². The molecule has 1 fully saturated rings. The third kappa shape index (κ3) is 4.45. The van der Waals surface area contributed by atoms with Gasteiger partial charge < -0.3 is 10.4 Å². The van der Waals surface area contributed by atoms with Crippen molar-refractivity contribution in [1.82, 2.24) is 9.88 Å². The molecule has 0 amide bonds. The molecule has 23 heavy (non-hydrogen) atoms. The minimum absolute atomic E-state index is 0.344. The van der Waals surface area contributed by atoms with Crippen molar-refractivity contribution in [2.75, 3.05) is 18.9 Å². The molecule has 0 spiro atoms. The van der Waals surface area contributed by atoms with Gasteiger partial charge in [-0.25, -0.2) is 4.98 Å². The molecule has 2 heterocycles. The number of phenols is 1. The van der Waals surface area contributed by atoms with E-state index in [4.69, 9.17) is 0 Å². The van der Waals surface area contributed by atoms with Crippen molar-refractivity contribution in [2.45, 2.75) is 44.7 Å². The lowest BCUT2D eigenvalue weighted by Gasteiger charge is -2.35. The van der Waals surface area contributed by atoms with Crippen molar-refractivity contribution in [3.63, 3.8) is 0 Å². The first-order valence-corrected chi connectivity index (χ1v) is 9.26. The molecule has 1 saturated heterocycles. The van der Waals surface area contributed by atoms with Crippen LogP contribution < -0.4 is 5.32 Å². The number of phenolic OH excluding ortho intramolecular Hbond substituents is 1. The summed E-state index contributed by atoms with van der Waals surface area (Å²) in [5.74, 6) is 0.344. The minimum atomic E-state index is 0.344. The Labute approximate surface area is 142 Å². The molecule has 0 aliphatic carbocycles. The zero-order valence-electron chi connectivity index (χ0n) is 13.7. The highest BCUT2D eigenvalue weighted by atomic mass is 32.1. The van der Waals surface area contributed by atoms with Crippen molar-refractivity contribution in [3.8, 4) is 5.75 Å². The maximum atomic E-state index is 9.38. The fourth-order valence-electron chi connectivity index (χ4n) is 3.29. The molecule has 1 aliphatic rings. The highest BCUT2D eigenvalue weighted by Crippen LogP contribution is 2.25. The summed E-state index contributed by atoms with van der Waals surface area (Å²) in [4.78, 5) is 7.22. The second-order valence-electron chi connectivity index (χ2n) is 6.22. The Morgan fingerprint density at radius 1 is 1.30 bits per heavy atom. The van der Waals surface area contributed by atoms with Crippen molar-refractivity contribution < 1.29 is 5.11 Å². The summed E-state index contributed by atoms with van der Waals surface area (Å²) in [7, 11) is 1.92. The predicted molar refractivity (Wildman–Crippen MR) is 96.1 cm³/mol. The van der Waals surface area contributed by atoms with Gasteiger partial charge in [-0.15, -0.1) is 11.3 Å². The molecule has 1 aliphatic heterocycles. The van der Waals surface area contributed by atoms with Crippen LogP contribution in [0.2, 0.25) is 0 Å². The minimum Gasteiger partial charge on any atom is -0.508 e. The first-order chi connectivity index (χ1) is 11.2. The number of thiazole rings is 1. The Morgan fingerprint density at radius 3 is 2.87 bits per heavy atom. The van der Waals surface area contributed by atoms with Gasteiger partial charge in [0.1, 0.15) is 5.75 Å². The summed E-state index contributed by atoms with van der Waals surface area (Å²) in [6, 6.07) is 8.26. The quantitative estimate of drug-likeness (QED) is 0.843. The van der Waals surface area contributed by atoms with Crippen LogP contribution in [0, 0.1) is 0 Å². The highest BCUT2D eigenvalue weighted by Gasteiger charge is 2.23. The topological polar surface area (TPSA) is 48.4 Å². The van der Waals surface area contributed by atoms with E-state index in [1.807, 2.05) is 19.2 Å². The van der Waals surface area contributed by atoms with Crippen molar-refractivity contribution in [1.29, 1.82) is 0 Å². The van der Waals surface area contributed by atoms with E-state index in [2.05, 4.69) is 20.6 Å². The molecule has 124 valence electrons. The molecular formula is C18H25N3OS. The van der Waals surface area contributed by atoms with Crippen molar-refractivity contribution >= 4 is 16.5 Å². The molecular weight excluding hydrogens is 306 g/mol. The maximum absolute atomic E-state index is 9.38. The van der Waals surface area contributed by atoms with Gasteiger partial charge >= 0.3 is 0 Å². The van der Waals surface area contributed by atoms with E-state index in [-0.39, 0.29) is 0 Å². The number of piperidine rings is 1. The zero-order valence-corrected chi connectivity index (χ0v) is 14.5. The van der Waals surface area contributed by atoms with Crippen LogP contribution in [0.1, 0.15) is 36.9 Å². The van der Waals surface area contributed by atoms with Crippen LogP contribution in [0.3, 0.4) is 0 Å². The third-order valence-corrected chi connectivity index (χ3v) is 5.49. The standard InChI is InChI=1S/C18H25N3OS/c1-19-18-20-15(13-23-18)12-21-11-3-2-4-16(21)8-5-14-6-9-17(22)10-7-14/h6-7,9-10,13,16,22H,2-5,8,11-12H2,1H3,(H,19,20)/t16-/m1/s1. The van der Waals surface area contributed by atoms with E-state index < -0.39 is 0 Å². The molecule has 0 unspecified atom stereocenters. The molecule has 0 bridgehead atoms. The number of anilines is 1. The van der Waals surface area contributed by atoms with Gasteiger partial charge in [0.25, 0.3) is 0 Å². The summed E-state index contributed by atoms with van der Waals surface area (Å²) in [5.41, 5.74) is 2.48. The van der Waals surface area contributed by atoms with E-state index in [0.29, 0.717) is 11.8 Å². The van der Waals surface area contributed by atoms with Crippen molar-refractivity contribution in [2.24, 2.45) is 0 Å². The lowest BCUT2D eigenvalue weighted by molar-refractivity contribution is 0.131. The van der Waals surface area contributed by atoms with Gasteiger partial charge in [0.05, 0.1) is 5.69 Å². The van der Waals surface area contributed by atoms with Gasteiger partial charge in [-0.3, -0.25) is 4.90 Å². The zero-order chi connectivity index (χ0) is 16.1. The van der Waals surface area contributed by atoms with Gasteiger partial charge in [-0.05, 0) is 49.9 Å². The first kappa shape index (κ1) is 16.3. The maximum Gasteiger partial charge on any atom is 0.182 e. The van der Waals surface area contributed by atoms with Crippen LogP contribution >= 0.6 is 11.3 Å². The fraction of sp³-hybridized carbons (Fsp3) is 0.500. The number of hydrogen-bond acceptors (Lipinski definition) is 5. The lowest BCUT2D eigenvalue weighted by atomic mass is 9.95. The summed E-state index contributed by atoms with van der Waals surface area (Å²) in [6.07, 6.45) is 6.14. The highest BCUT2D eigenvalue weighted by molar-refractivity contribution is 7.13. The number of likely N-dealkylation sites (tertiary alicyclic amines) is 1. The Balaban J connectivity index is 1.58. The molecule has 2 N–H and O–H groups in total. The molecule has 3 rings (SSSR count). The Hall–Kier alpha value is -1.59. The second-order valence-corrected chi connectivity index (χ2v) is 7.08. The normalized spacial score (nSPS) is 18.9. The SMILES string of the molecule is CNc1nc(CN2CCCC[C@@H]2CCc2ccc(O)cc2)cs1. The predicted octanol–water partition coefficient (Wildman–Crippen LogP) is 3.88. The average molecular weight is 331 g/mol.